The third-order valence-electron chi connectivity index (χ3n) is 6.08. The first-order chi connectivity index (χ1) is 16.5. The van der Waals surface area contributed by atoms with Crippen LogP contribution in [0.5, 0.6) is 11.5 Å². The summed E-state index contributed by atoms with van der Waals surface area (Å²) >= 11 is 0. The largest absolute Gasteiger partial charge is 0.489 e. The van der Waals surface area contributed by atoms with Gasteiger partial charge in [-0.2, -0.15) is 0 Å². The number of carbonyl (C=O) groups excluding carboxylic acids is 3. The highest BCUT2D eigenvalue weighted by molar-refractivity contribution is 6.09. The van der Waals surface area contributed by atoms with Gasteiger partial charge in [0.25, 0.3) is 0 Å². The highest BCUT2D eigenvalue weighted by Crippen LogP contribution is 2.46. The van der Waals surface area contributed by atoms with Crippen molar-refractivity contribution in [3.05, 3.63) is 35.4 Å². The van der Waals surface area contributed by atoms with Gasteiger partial charge in [0.2, 0.25) is 0 Å². The fraction of sp³-hybridized carbons (Fsp3) is 0.519. The molecule has 2 aromatic rings. The molecular weight excluding hydrogens is 452 g/mol. The Morgan fingerprint density at radius 1 is 1.06 bits per heavy atom. The second-order valence-corrected chi connectivity index (χ2v) is 9.96. The number of Topliss-reactive ketones (excluding diaryl/α,β-unsaturated/α-hetero) is 1. The molecule has 0 aromatic heterocycles. The average Bonchev–Trinajstić information content (AvgIpc) is 3.39. The lowest BCUT2D eigenvalue weighted by Crippen LogP contribution is -2.34. The summed E-state index contributed by atoms with van der Waals surface area (Å²) in [5, 5.41) is 1.29. The van der Waals surface area contributed by atoms with Crippen molar-refractivity contribution in [2.75, 3.05) is 13.2 Å². The Labute approximate surface area is 204 Å². The number of ketones is 1. The smallest absolute Gasteiger partial charge is 0.316 e. The van der Waals surface area contributed by atoms with E-state index < -0.39 is 23.5 Å². The van der Waals surface area contributed by atoms with Gasteiger partial charge in [0, 0.05) is 22.8 Å². The van der Waals surface area contributed by atoms with Gasteiger partial charge in [0.15, 0.2) is 11.6 Å². The summed E-state index contributed by atoms with van der Waals surface area (Å²) in [6, 6.07) is 7.29. The molecule has 2 aromatic carbocycles. The summed E-state index contributed by atoms with van der Waals surface area (Å²) in [6.45, 7) is 9.56. The maximum atomic E-state index is 13.0. The van der Waals surface area contributed by atoms with E-state index in [1.807, 2.05) is 39.8 Å². The quantitative estimate of drug-likeness (QED) is 0.321. The van der Waals surface area contributed by atoms with Crippen molar-refractivity contribution in [3.8, 4) is 11.5 Å². The minimum absolute atomic E-state index is 0.0421. The van der Waals surface area contributed by atoms with Crippen LogP contribution in [-0.2, 0) is 30.2 Å². The summed E-state index contributed by atoms with van der Waals surface area (Å²) in [5.41, 5.74) is 0.313. The lowest BCUT2D eigenvalue weighted by molar-refractivity contribution is -0.178. The summed E-state index contributed by atoms with van der Waals surface area (Å²) in [4.78, 5) is 38.3. The second-order valence-electron chi connectivity index (χ2n) is 9.96. The summed E-state index contributed by atoms with van der Waals surface area (Å²) in [5.74, 6) is -1.46. The predicted molar refractivity (Wildman–Crippen MR) is 128 cm³/mol. The first-order valence-electron chi connectivity index (χ1n) is 12.0. The molecular formula is C27H32O8. The molecule has 0 amide bonds. The molecule has 0 N–H and O–H groups in total. The molecule has 0 bridgehead atoms. The normalized spacial score (nSPS) is 18.7. The van der Waals surface area contributed by atoms with Gasteiger partial charge in [0.1, 0.15) is 23.2 Å². The van der Waals surface area contributed by atoms with Crippen LogP contribution in [0, 0.1) is 0 Å². The number of hydrogen-bond donors (Lipinski definition) is 0. The van der Waals surface area contributed by atoms with Crippen molar-refractivity contribution >= 4 is 28.5 Å². The van der Waals surface area contributed by atoms with Crippen molar-refractivity contribution in [1.29, 1.82) is 0 Å². The van der Waals surface area contributed by atoms with Crippen molar-refractivity contribution in [2.24, 2.45) is 0 Å². The first kappa shape index (κ1) is 25.1. The fourth-order valence-corrected chi connectivity index (χ4v) is 4.65. The second kappa shape index (κ2) is 9.59. The number of hydrogen-bond acceptors (Lipinski definition) is 8. The van der Waals surface area contributed by atoms with Gasteiger partial charge in [0.05, 0.1) is 31.6 Å². The van der Waals surface area contributed by atoms with Gasteiger partial charge in [-0.1, -0.05) is 31.2 Å². The van der Waals surface area contributed by atoms with E-state index in [9.17, 15) is 14.4 Å². The van der Waals surface area contributed by atoms with E-state index in [-0.39, 0.29) is 35.9 Å². The molecule has 2 aliphatic heterocycles. The van der Waals surface area contributed by atoms with Crippen molar-refractivity contribution < 1.29 is 38.1 Å². The van der Waals surface area contributed by atoms with E-state index in [0.717, 1.165) is 0 Å². The number of carbonyl (C=O) groups is 3. The number of ether oxygens (including phenoxy) is 5. The Morgan fingerprint density at radius 2 is 1.71 bits per heavy atom. The highest BCUT2D eigenvalue weighted by atomic mass is 16.7. The monoisotopic (exact) mass is 484 g/mol. The van der Waals surface area contributed by atoms with Crippen LogP contribution in [0.15, 0.2) is 24.3 Å². The van der Waals surface area contributed by atoms with E-state index in [0.29, 0.717) is 48.1 Å². The maximum Gasteiger partial charge on any atom is 0.316 e. The third-order valence-corrected chi connectivity index (χ3v) is 6.08. The van der Waals surface area contributed by atoms with Gasteiger partial charge >= 0.3 is 11.9 Å². The summed E-state index contributed by atoms with van der Waals surface area (Å²) in [6.07, 6.45) is 0.275. The van der Waals surface area contributed by atoms with Gasteiger partial charge in [-0.25, -0.2) is 0 Å². The van der Waals surface area contributed by atoms with E-state index >= 15 is 0 Å². The van der Waals surface area contributed by atoms with Crippen LogP contribution in [0.4, 0.5) is 0 Å². The number of benzene rings is 2. The zero-order valence-corrected chi connectivity index (χ0v) is 20.9. The van der Waals surface area contributed by atoms with Crippen LogP contribution in [-0.4, -0.2) is 48.4 Å². The van der Waals surface area contributed by atoms with Crippen molar-refractivity contribution in [2.45, 2.75) is 77.8 Å². The molecule has 0 spiro atoms. The van der Waals surface area contributed by atoms with Crippen LogP contribution < -0.4 is 9.47 Å². The SMILES string of the molecule is CCC1(CC(=O)Oc2c(C(C)=O)c3c(c4ccccc24)OC(CC(=O)OC(C)(C)C)C3)OCCO1. The third kappa shape index (κ3) is 5.33. The van der Waals surface area contributed by atoms with Crippen LogP contribution in [0.1, 0.15) is 69.8 Å². The molecule has 35 heavy (non-hydrogen) atoms. The number of fused-ring (bicyclic) bond motifs is 3. The van der Waals surface area contributed by atoms with Crippen LogP contribution in [0.2, 0.25) is 0 Å². The topological polar surface area (TPSA) is 97.4 Å². The molecule has 1 atom stereocenters. The number of esters is 2. The lowest BCUT2D eigenvalue weighted by Gasteiger charge is -2.25. The van der Waals surface area contributed by atoms with Gasteiger partial charge < -0.3 is 23.7 Å². The number of rotatable bonds is 7. The molecule has 1 fully saturated rings. The average molecular weight is 485 g/mol. The van der Waals surface area contributed by atoms with Crippen LogP contribution in [0.3, 0.4) is 0 Å². The standard InChI is InChI=1S/C27H32O8/c1-6-27(31-11-12-32-27)15-22(30)34-25-19-10-8-7-9-18(19)24-20(23(25)16(2)28)13-17(33-24)14-21(29)35-26(3,4)5/h7-10,17H,6,11-15H2,1-5H3. The Hall–Kier alpha value is -2.97. The van der Waals surface area contributed by atoms with E-state index in [4.69, 9.17) is 23.7 Å². The molecule has 0 radical (unpaired) electrons. The Balaban J connectivity index is 1.68. The molecule has 8 heteroatoms. The van der Waals surface area contributed by atoms with E-state index in [1.54, 1.807) is 12.1 Å². The Morgan fingerprint density at radius 3 is 2.31 bits per heavy atom. The van der Waals surface area contributed by atoms with Gasteiger partial charge in [-0.05, 0) is 34.1 Å². The Kier molecular flexibility index (Phi) is 6.88. The minimum atomic E-state index is -1.01. The van der Waals surface area contributed by atoms with Crippen molar-refractivity contribution in [1.82, 2.24) is 0 Å². The molecule has 4 rings (SSSR count). The van der Waals surface area contributed by atoms with Gasteiger partial charge in [-0.15, -0.1) is 0 Å². The molecule has 2 heterocycles. The molecule has 8 nitrogen and oxygen atoms in total. The minimum Gasteiger partial charge on any atom is -0.489 e. The van der Waals surface area contributed by atoms with E-state index in [1.165, 1.54) is 6.92 Å². The highest BCUT2D eigenvalue weighted by Gasteiger charge is 2.39. The molecule has 188 valence electrons. The summed E-state index contributed by atoms with van der Waals surface area (Å²) in [7, 11) is 0. The summed E-state index contributed by atoms with van der Waals surface area (Å²) < 4.78 is 28.8. The van der Waals surface area contributed by atoms with E-state index in [2.05, 4.69) is 0 Å². The zero-order valence-electron chi connectivity index (χ0n) is 20.9. The molecule has 0 aliphatic carbocycles. The predicted octanol–water partition coefficient (Wildman–Crippen LogP) is 4.53. The van der Waals surface area contributed by atoms with Gasteiger partial charge in [-0.3, -0.25) is 14.4 Å². The Bertz CT molecular complexity index is 1150. The van der Waals surface area contributed by atoms with Crippen LogP contribution >= 0.6 is 0 Å². The maximum absolute atomic E-state index is 13.0. The fourth-order valence-electron chi connectivity index (χ4n) is 4.65. The molecule has 1 unspecified atom stereocenters. The lowest BCUT2D eigenvalue weighted by atomic mass is 9.93. The molecule has 0 saturated carbocycles. The zero-order chi connectivity index (χ0) is 25.4. The first-order valence-corrected chi connectivity index (χ1v) is 12.0. The molecule has 1 saturated heterocycles. The molecule has 2 aliphatic rings. The van der Waals surface area contributed by atoms with Crippen molar-refractivity contribution in [3.63, 3.8) is 0 Å². The van der Waals surface area contributed by atoms with Crippen LogP contribution in [0.25, 0.3) is 10.8 Å².